The molecule has 0 saturated carbocycles. The van der Waals surface area contributed by atoms with Crippen LogP contribution < -0.4 is 5.73 Å². The Kier molecular flexibility index (Phi) is 17.6. The van der Waals surface area contributed by atoms with Gasteiger partial charge in [0.25, 0.3) is 0 Å². The second kappa shape index (κ2) is 21.4. The standard InChI is InChI=1S/C21H19NO.C15H31NO2/c23-17-11-5-3-1-2-4-10-16-22-20-14-8-6-12-18(20)19-13-7-9-15-21(19)22;1-3-4-5-6-7-8-9-10-11-12-13-14(2)18-15(16)17/h6-9,12-15,23H,3,5,11,16-17H2;14H,3-13H2,1-2H3,(H2,16,17). The molecular formula is C36H50N2O3. The number of rotatable bonds is 16. The van der Waals surface area contributed by atoms with Gasteiger partial charge in [0.05, 0.1) is 6.54 Å². The van der Waals surface area contributed by atoms with E-state index in [2.05, 4.69) is 83.7 Å². The SMILES string of the molecule is CCCCCCCCCCCCC(C)OC(N)=O.OCCCCC#CC#CCn1c2ccccc2c2ccccc21. The molecule has 1 atom stereocenters. The number of carbonyl (C=O) groups is 1. The summed E-state index contributed by atoms with van der Waals surface area (Å²) in [7, 11) is 0. The minimum absolute atomic E-state index is 0.0310. The molecule has 0 aliphatic carbocycles. The average Bonchev–Trinajstić information content (AvgIpc) is 3.29. The molecule has 1 aromatic heterocycles. The van der Waals surface area contributed by atoms with Crippen molar-refractivity contribution in [1.82, 2.24) is 4.57 Å². The lowest BCUT2D eigenvalue weighted by Crippen LogP contribution is -2.20. The number of para-hydroxylation sites is 2. The largest absolute Gasteiger partial charge is 0.447 e. The van der Waals surface area contributed by atoms with Crippen molar-refractivity contribution in [2.75, 3.05) is 6.61 Å². The van der Waals surface area contributed by atoms with Crippen molar-refractivity contribution in [3.8, 4) is 23.7 Å². The molecule has 5 heteroatoms. The van der Waals surface area contributed by atoms with E-state index >= 15 is 0 Å². The van der Waals surface area contributed by atoms with E-state index in [4.69, 9.17) is 15.6 Å². The summed E-state index contributed by atoms with van der Waals surface area (Å²) in [5.74, 6) is 12.0. The van der Waals surface area contributed by atoms with Crippen LogP contribution in [0.15, 0.2) is 48.5 Å². The predicted octanol–water partition coefficient (Wildman–Crippen LogP) is 8.75. The third-order valence-electron chi connectivity index (χ3n) is 7.15. The first-order chi connectivity index (χ1) is 20.1. The number of amides is 1. The number of fused-ring (bicyclic) bond motifs is 3. The Hall–Kier alpha value is -3.41. The lowest BCUT2D eigenvalue weighted by Gasteiger charge is -2.10. The minimum atomic E-state index is -0.658. The Morgan fingerprint density at radius 1 is 0.805 bits per heavy atom. The molecule has 1 amide bonds. The van der Waals surface area contributed by atoms with Gasteiger partial charge in [0.1, 0.15) is 6.10 Å². The number of hydrogen-bond donors (Lipinski definition) is 2. The summed E-state index contributed by atoms with van der Waals surface area (Å²) < 4.78 is 7.11. The predicted molar refractivity (Wildman–Crippen MR) is 173 cm³/mol. The number of carbonyl (C=O) groups excluding carboxylic acids is 1. The fourth-order valence-electron chi connectivity index (χ4n) is 4.94. The van der Waals surface area contributed by atoms with Gasteiger partial charge in [0, 0.05) is 34.8 Å². The molecule has 0 aliphatic rings. The molecule has 3 N–H and O–H groups in total. The zero-order valence-corrected chi connectivity index (χ0v) is 25.3. The topological polar surface area (TPSA) is 77.5 Å². The Morgan fingerprint density at radius 2 is 1.34 bits per heavy atom. The molecule has 2 aromatic carbocycles. The lowest BCUT2D eigenvalue weighted by atomic mass is 10.1. The van der Waals surface area contributed by atoms with Gasteiger partial charge in [-0.05, 0) is 56.6 Å². The van der Waals surface area contributed by atoms with Gasteiger partial charge < -0.3 is 20.1 Å². The van der Waals surface area contributed by atoms with E-state index in [0.717, 1.165) is 32.1 Å². The fraction of sp³-hybridized carbons (Fsp3) is 0.528. The van der Waals surface area contributed by atoms with Crippen molar-refractivity contribution in [1.29, 1.82) is 0 Å². The number of hydrogen-bond acceptors (Lipinski definition) is 3. The molecule has 0 radical (unpaired) electrons. The second-order valence-electron chi connectivity index (χ2n) is 10.6. The van der Waals surface area contributed by atoms with Gasteiger partial charge in [0.2, 0.25) is 0 Å². The maximum Gasteiger partial charge on any atom is 0.404 e. The molecule has 0 aliphatic heterocycles. The molecular weight excluding hydrogens is 508 g/mol. The van der Waals surface area contributed by atoms with Crippen molar-refractivity contribution in [2.45, 2.75) is 116 Å². The Labute approximate surface area is 247 Å². The van der Waals surface area contributed by atoms with Crippen LogP contribution in [0.4, 0.5) is 4.79 Å². The van der Waals surface area contributed by atoms with Crippen LogP contribution in [0.2, 0.25) is 0 Å². The summed E-state index contributed by atoms with van der Waals surface area (Å²) in [5.41, 5.74) is 7.37. The van der Waals surface area contributed by atoms with Crippen LogP contribution in [0.3, 0.4) is 0 Å². The summed E-state index contributed by atoms with van der Waals surface area (Å²) in [6.07, 6.45) is 16.1. The van der Waals surface area contributed by atoms with Gasteiger partial charge in [-0.2, -0.15) is 0 Å². The van der Waals surface area contributed by atoms with E-state index in [-0.39, 0.29) is 12.7 Å². The quantitative estimate of drug-likeness (QED) is 0.136. The number of primary amides is 1. The number of nitrogens with two attached hydrogens (primary N) is 1. The first-order valence-corrected chi connectivity index (χ1v) is 15.6. The normalized spacial score (nSPS) is 11.1. The van der Waals surface area contributed by atoms with Crippen molar-refractivity contribution in [3.63, 3.8) is 0 Å². The molecule has 0 saturated heterocycles. The van der Waals surface area contributed by atoms with Crippen LogP contribution >= 0.6 is 0 Å². The molecule has 3 aromatic rings. The van der Waals surface area contributed by atoms with Gasteiger partial charge >= 0.3 is 6.09 Å². The monoisotopic (exact) mass is 558 g/mol. The van der Waals surface area contributed by atoms with E-state index in [1.54, 1.807) is 0 Å². The Bertz CT molecular complexity index is 1220. The van der Waals surface area contributed by atoms with E-state index in [0.29, 0.717) is 6.54 Å². The molecule has 0 spiro atoms. The number of nitrogens with zero attached hydrogens (tertiary/aromatic N) is 1. The van der Waals surface area contributed by atoms with Crippen molar-refractivity contribution >= 4 is 27.9 Å². The van der Waals surface area contributed by atoms with E-state index in [1.807, 2.05) is 6.92 Å². The minimum Gasteiger partial charge on any atom is -0.447 e. The summed E-state index contributed by atoms with van der Waals surface area (Å²) in [6.45, 7) is 5.03. The number of aliphatic hydroxyl groups excluding tert-OH is 1. The highest BCUT2D eigenvalue weighted by molar-refractivity contribution is 6.08. The lowest BCUT2D eigenvalue weighted by molar-refractivity contribution is 0.110. The molecule has 1 heterocycles. The van der Waals surface area contributed by atoms with E-state index in [1.165, 1.54) is 79.6 Å². The van der Waals surface area contributed by atoms with Crippen molar-refractivity contribution in [2.24, 2.45) is 5.73 Å². The average molecular weight is 559 g/mol. The number of ether oxygens (including phenoxy) is 1. The molecule has 1 unspecified atom stereocenters. The summed E-state index contributed by atoms with van der Waals surface area (Å²) in [5, 5.41) is 11.2. The Balaban J connectivity index is 0.000000298. The highest BCUT2D eigenvalue weighted by Crippen LogP contribution is 2.28. The van der Waals surface area contributed by atoms with Crippen LogP contribution in [-0.2, 0) is 11.3 Å². The summed E-state index contributed by atoms with van der Waals surface area (Å²) >= 11 is 0. The van der Waals surface area contributed by atoms with Crippen LogP contribution in [0.25, 0.3) is 21.8 Å². The zero-order valence-electron chi connectivity index (χ0n) is 25.3. The van der Waals surface area contributed by atoms with Crippen LogP contribution in [0.5, 0.6) is 0 Å². The fourth-order valence-corrected chi connectivity index (χ4v) is 4.94. The summed E-state index contributed by atoms with van der Waals surface area (Å²) in [6, 6.07) is 16.9. The molecule has 0 bridgehead atoms. The third-order valence-corrected chi connectivity index (χ3v) is 7.15. The molecule has 3 rings (SSSR count). The number of aliphatic hydroxyl groups is 1. The Morgan fingerprint density at radius 3 is 1.90 bits per heavy atom. The van der Waals surface area contributed by atoms with Gasteiger partial charge in [-0.1, -0.05) is 113 Å². The van der Waals surface area contributed by atoms with Gasteiger partial charge in [-0.25, -0.2) is 4.79 Å². The first kappa shape index (κ1) is 33.8. The van der Waals surface area contributed by atoms with Gasteiger partial charge in [-0.3, -0.25) is 0 Å². The molecule has 222 valence electrons. The van der Waals surface area contributed by atoms with E-state index < -0.39 is 6.09 Å². The first-order valence-electron chi connectivity index (χ1n) is 15.6. The molecule has 0 fully saturated rings. The summed E-state index contributed by atoms with van der Waals surface area (Å²) in [4.78, 5) is 10.5. The maximum absolute atomic E-state index is 10.5. The molecule has 41 heavy (non-hydrogen) atoms. The van der Waals surface area contributed by atoms with Gasteiger partial charge in [0.15, 0.2) is 0 Å². The number of aromatic nitrogens is 1. The highest BCUT2D eigenvalue weighted by atomic mass is 16.6. The van der Waals surface area contributed by atoms with Crippen LogP contribution in [0, 0.1) is 23.7 Å². The number of benzene rings is 2. The van der Waals surface area contributed by atoms with Crippen molar-refractivity contribution < 1.29 is 14.6 Å². The number of unbranched alkanes of at least 4 members (excludes halogenated alkanes) is 11. The van der Waals surface area contributed by atoms with Crippen LogP contribution in [-0.4, -0.2) is 28.5 Å². The third kappa shape index (κ3) is 13.7. The smallest absolute Gasteiger partial charge is 0.404 e. The zero-order chi connectivity index (χ0) is 29.5. The highest BCUT2D eigenvalue weighted by Gasteiger charge is 2.08. The van der Waals surface area contributed by atoms with E-state index in [9.17, 15) is 4.79 Å². The van der Waals surface area contributed by atoms with Crippen molar-refractivity contribution in [3.05, 3.63) is 48.5 Å². The maximum atomic E-state index is 10.5. The van der Waals surface area contributed by atoms with Gasteiger partial charge in [-0.15, -0.1) is 0 Å². The second-order valence-corrected chi connectivity index (χ2v) is 10.6. The molecule has 5 nitrogen and oxygen atoms in total. The van der Waals surface area contributed by atoms with Crippen LogP contribution in [0.1, 0.15) is 104 Å².